The molecule has 0 bridgehead atoms. The zero-order chi connectivity index (χ0) is 19.3. The van der Waals surface area contributed by atoms with Crippen molar-refractivity contribution in [1.29, 1.82) is 0 Å². The molecule has 0 spiro atoms. The molecule has 27 heavy (non-hydrogen) atoms. The average Bonchev–Trinajstić information content (AvgIpc) is 3.16. The van der Waals surface area contributed by atoms with Crippen LogP contribution in [0, 0.1) is 0 Å². The summed E-state index contributed by atoms with van der Waals surface area (Å²) >= 11 is 0. The Morgan fingerprint density at radius 1 is 0.963 bits per heavy atom. The summed E-state index contributed by atoms with van der Waals surface area (Å²) in [6.07, 6.45) is 3.41. The van der Waals surface area contributed by atoms with E-state index in [1.54, 1.807) is 10.9 Å². The van der Waals surface area contributed by atoms with Crippen molar-refractivity contribution in [2.75, 3.05) is 13.1 Å². The van der Waals surface area contributed by atoms with Crippen molar-refractivity contribution < 1.29 is 8.42 Å². The van der Waals surface area contributed by atoms with Crippen LogP contribution in [0.25, 0.3) is 16.9 Å². The second-order valence-corrected chi connectivity index (χ2v) is 8.24. The molecule has 142 valence electrons. The molecule has 0 aliphatic rings. The van der Waals surface area contributed by atoms with E-state index in [-0.39, 0.29) is 4.90 Å². The Kier molecular flexibility index (Phi) is 6.08. The molecule has 2 aromatic carbocycles. The third-order valence-electron chi connectivity index (χ3n) is 4.48. The standard InChI is InChI=1S/C21H25N3O2S/c1-3-5-16-23(4-2)27(25,26)20-17-24(19-14-10-7-11-15-19)22-21(20)18-12-8-6-9-13-18/h6-15,17H,3-5,16H2,1-2H3. The van der Waals surface area contributed by atoms with Gasteiger partial charge in [0.1, 0.15) is 10.6 Å². The van der Waals surface area contributed by atoms with Crippen LogP contribution in [0.4, 0.5) is 0 Å². The van der Waals surface area contributed by atoms with Crippen molar-refractivity contribution in [3.63, 3.8) is 0 Å². The maximum atomic E-state index is 13.4. The van der Waals surface area contributed by atoms with Crippen molar-refractivity contribution >= 4 is 10.0 Å². The Morgan fingerprint density at radius 3 is 2.19 bits per heavy atom. The minimum atomic E-state index is -3.64. The van der Waals surface area contributed by atoms with Crippen LogP contribution in [0.15, 0.2) is 71.8 Å². The number of rotatable bonds is 8. The molecule has 0 atom stereocenters. The molecule has 3 rings (SSSR count). The molecule has 0 amide bonds. The van der Waals surface area contributed by atoms with Crippen molar-refractivity contribution in [1.82, 2.24) is 14.1 Å². The number of unbranched alkanes of at least 4 members (excludes halogenated alkanes) is 1. The van der Waals surface area contributed by atoms with Crippen LogP contribution >= 0.6 is 0 Å². The lowest BCUT2D eigenvalue weighted by Gasteiger charge is -2.20. The third-order valence-corrected chi connectivity index (χ3v) is 6.46. The van der Waals surface area contributed by atoms with Gasteiger partial charge in [0.25, 0.3) is 0 Å². The molecule has 0 N–H and O–H groups in total. The van der Waals surface area contributed by atoms with E-state index in [0.29, 0.717) is 18.8 Å². The van der Waals surface area contributed by atoms with Gasteiger partial charge in [-0.25, -0.2) is 13.1 Å². The summed E-state index contributed by atoms with van der Waals surface area (Å²) < 4.78 is 29.9. The molecule has 1 aromatic heterocycles. The number of para-hydroxylation sites is 1. The van der Waals surface area contributed by atoms with Gasteiger partial charge in [0.05, 0.1) is 11.9 Å². The van der Waals surface area contributed by atoms with Crippen LogP contribution in [0.1, 0.15) is 26.7 Å². The summed E-state index contributed by atoms with van der Waals surface area (Å²) in [6, 6.07) is 19.0. The van der Waals surface area contributed by atoms with Gasteiger partial charge in [0.15, 0.2) is 0 Å². The van der Waals surface area contributed by atoms with Crippen LogP contribution in [0.2, 0.25) is 0 Å². The molecule has 0 saturated carbocycles. The van der Waals surface area contributed by atoms with Gasteiger partial charge in [0.2, 0.25) is 10.0 Å². The van der Waals surface area contributed by atoms with Crippen LogP contribution in [-0.4, -0.2) is 35.6 Å². The fourth-order valence-corrected chi connectivity index (χ4v) is 4.60. The summed E-state index contributed by atoms with van der Waals surface area (Å²) in [7, 11) is -3.64. The fourth-order valence-electron chi connectivity index (χ4n) is 2.98. The molecule has 5 nitrogen and oxygen atoms in total. The first kappa shape index (κ1) is 19.3. The number of aromatic nitrogens is 2. The quantitative estimate of drug-likeness (QED) is 0.581. The Labute approximate surface area is 161 Å². The van der Waals surface area contributed by atoms with E-state index >= 15 is 0 Å². The first-order valence-corrected chi connectivity index (χ1v) is 10.7. The molecular formula is C21H25N3O2S. The molecule has 6 heteroatoms. The largest absolute Gasteiger partial charge is 0.246 e. The Balaban J connectivity index is 2.14. The summed E-state index contributed by atoms with van der Waals surface area (Å²) in [5, 5.41) is 4.62. The molecule has 0 unspecified atom stereocenters. The lowest BCUT2D eigenvalue weighted by atomic mass is 10.2. The molecule has 0 aliphatic heterocycles. The predicted molar refractivity (Wildman–Crippen MR) is 108 cm³/mol. The van der Waals surface area contributed by atoms with Gasteiger partial charge >= 0.3 is 0 Å². The molecular weight excluding hydrogens is 358 g/mol. The summed E-state index contributed by atoms with van der Waals surface area (Å²) in [5.74, 6) is 0. The lowest BCUT2D eigenvalue weighted by molar-refractivity contribution is 0.419. The molecule has 3 aromatic rings. The first-order chi connectivity index (χ1) is 13.1. The maximum Gasteiger partial charge on any atom is 0.246 e. The fraction of sp³-hybridized carbons (Fsp3) is 0.286. The number of nitrogens with zero attached hydrogens (tertiary/aromatic N) is 3. The molecule has 1 heterocycles. The van der Waals surface area contributed by atoms with Gasteiger partial charge in [-0.05, 0) is 18.6 Å². The summed E-state index contributed by atoms with van der Waals surface area (Å²) in [6.45, 7) is 4.88. The minimum absolute atomic E-state index is 0.246. The van der Waals surface area contributed by atoms with Gasteiger partial charge in [-0.15, -0.1) is 0 Å². The van der Waals surface area contributed by atoms with Crippen molar-refractivity contribution in [2.24, 2.45) is 0 Å². The number of sulfonamides is 1. The highest BCUT2D eigenvalue weighted by Gasteiger charge is 2.29. The Bertz CT molecular complexity index is 967. The smallest absolute Gasteiger partial charge is 0.239 e. The van der Waals surface area contributed by atoms with E-state index < -0.39 is 10.0 Å². The van der Waals surface area contributed by atoms with Crippen LogP contribution in [-0.2, 0) is 10.0 Å². The zero-order valence-corrected chi connectivity index (χ0v) is 16.6. The Hall–Kier alpha value is -2.44. The maximum absolute atomic E-state index is 13.4. The van der Waals surface area contributed by atoms with Crippen LogP contribution < -0.4 is 0 Å². The van der Waals surface area contributed by atoms with E-state index in [1.807, 2.05) is 67.6 Å². The number of hydrogen-bond donors (Lipinski definition) is 0. The van der Waals surface area contributed by atoms with Gasteiger partial charge < -0.3 is 0 Å². The predicted octanol–water partition coefficient (Wildman–Crippen LogP) is 4.35. The van der Waals surface area contributed by atoms with Crippen LogP contribution in [0.3, 0.4) is 0 Å². The molecule has 0 aliphatic carbocycles. The normalized spacial score (nSPS) is 11.8. The second kappa shape index (κ2) is 8.50. The topological polar surface area (TPSA) is 55.2 Å². The van der Waals surface area contributed by atoms with E-state index in [4.69, 9.17) is 0 Å². The van der Waals surface area contributed by atoms with E-state index in [1.165, 1.54) is 4.31 Å². The second-order valence-electron chi connectivity index (χ2n) is 6.34. The zero-order valence-electron chi connectivity index (χ0n) is 15.7. The monoisotopic (exact) mass is 383 g/mol. The average molecular weight is 384 g/mol. The molecule has 0 fully saturated rings. The van der Waals surface area contributed by atoms with Crippen LogP contribution in [0.5, 0.6) is 0 Å². The SMILES string of the molecule is CCCCN(CC)S(=O)(=O)c1cn(-c2ccccc2)nc1-c1ccccc1. The Morgan fingerprint density at radius 2 is 1.59 bits per heavy atom. The van der Waals surface area contributed by atoms with Gasteiger partial charge in [-0.3, -0.25) is 0 Å². The highest BCUT2D eigenvalue weighted by Crippen LogP contribution is 2.29. The lowest BCUT2D eigenvalue weighted by Crippen LogP contribution is -2.32. The minimum Gasteiger partial charge on any atom is -0.239 e. The highest BCUT2D eigenvalue weighted by atomic mass is 32.2. The first-order valence-electron chi connectivity index (χ1n) is 9.28. The van der Waals surface area contributed by atoms with Crippen molar-refractivity contribution in [3.8, 4) is 16.9 Å². The van der Waals surface area contributed by atoms with Crippen molar-refractivity contribution in [2.45, 2.75) is 31.6 Å². The summed E-state index contributed by atoms with van der Waals surface area (Å²) in [4.78, 5) is 0.246. The molecule has 0 radical (unpaired) electrons. The van der Waals surface area contributed by atoms with Gasteiger partial charge in [-0.2, -0.15) is 9.40 Å². The van der Waals surface area contributed by atoms with Gasteiger partial charge in [0, 0.05) is 18.7 Å². The van der Waals surface area contributed by atoms with Gasteiger partial charge in [-0.1, -0.05) is 68.8 Å². The third kappa shape index (κ3) is 4.12. The number of benzene rings is 2. The van der Waals surface area contributed by atoms with Crippen molar-refractivity contribution in [3.05, 3.63) is 66.9 Å². The van der Waals surface area contributed by atoms with E-state index in [9.17, 15) is 8.42 Å². The highest BCUT2D eigenvalue weighted by molar-refractivity contribution is 7.89. The summed E-state index contributed by atoms with van der Waals surface area (Å²) in [5.41, 5.74) is 2.10. The number of hydrogen-bond acceptors (Lipinski definition) is 3. The van der Waals surface area contributed by atoms with E-state index in [2.05, 4.69) is 12.0 Å². The molecule has 0 saturated heterocycles. The van der Waals surface area contributed by atoms with E-state index in [0.717, 1.165) is 24.1 Å².